The maximum absolute atomic E-state index is 10.3. The van der Waals surface area contributed by atoms with Crippen LogP contribution in [0.3, 0.4) is 0 Å². The first-order chi connectivity index (χ1) is 7.63. The van der Waals surface area contributed by atoms with Gasteiger partial charge in [0.15, 0.2) is 11.5 Å². The van der Waals surface area contributed by atoms with Gasteiger partial charge in [-0.05, 0) is 30.7 Å². The maximum Gasteiger partial charge on any atom is 0.332 e. The second kappa shape index (κ2) is 5.59. The fourth-order valence-electron chi connectivity index (χ4n) is 1.05. The summed E-state index contributed by atoms with van der Waals surface area (Å²) >= 11 is 0. The number of hydrogen-bond donors (Lipinski definition) is 3. The Bertz CT molecular complexity index is 404. The number of carbonyl (C=O) groups excluding carboxylic acids is 1. The average molecular weight is 223 g/mol. The summed E-state index contributed by atoms with van der Waals surface area (Å²) < 4.78 is 5.18. The number of rotatable bonds is 4. The minimum Gasteiger partial charge on any atom is -0.504 e. The smallest absolute Gasteiger partial charge is 0.332 e. The van der Waals surface area contributed by atoms with Crippen molar-refractivity contribution in [3.8, 4) is 11.5 Å². The van der Waals surface area contributed by atoms with Gasteiger partial charge in [0.1, 0.15) is 0 Å². The van der Waals surface area contributed by atoms with E-state index in [4.69, 9.17) is 10.5 Å². The fraction of sp³-hybridized carbons (Fsp3) is 0.200. The molecule has 16 heavy (non-hydrogen) atoms. The molecule has 1 rings (SSSR count). The molecule has 6 nitrogen and oxygen atoms in total. The van der Waals surface area contributed by atoms with Crippen molar-refractivity contribution < 1.29 is 14.6 Å². The van der Waals surface area contributed by atoms with Crippen LogP contribution in [0.5, 0.6) is 11.5 Å². The van der Waals surface area contributed by atoms with Crippen molar-refractivity contribution >= 4 is 12.2 Å². The van der Waals surface area contributed by atoms with Crippen molar-refractivity contribution in [3.63, 3.8) is 0 Å². The molecule has 0 unspecified atom stereocenters. The molecule has 0 aromatic heterocycles. The Balaban J connectivity index is 2.77. The van der Waals surface area contributed by atoms with E-state index < -0.39 is 6.03 Å². The number of urea groups is 1. The predicted molar refractivity (Wildman–Crippen MR) is 59.6 cm³/mol. The number of aromatic hydroxyl groups is 1. The average Bonchev–Trinajstić information content (AvgIpc) is 2.22. The summed E-state index contributed by atoms with van der Waals surface area (Å²) in [6.45, 7) is 2.27. The van der Waals surface area contributed by atoms with Crippen LogP contribution in [-0.2, 0) is 0 Å². The van der Waals surface area contributed by atoms with E-state index in [0.29, 0.717) is 17.9 Å². The van der Waals surface area contributed by atoms with Gasteiger partial charge >= 0.3 is 6.03 Å². The number of primary amides is 1. The largest absolute Gasteiger partial charge is 0.504 e. The van der Waals surface area contributed by atoms with Crippen LogP contribution in [-0.4, -0.2) is 24.0 Å². The van der Waals surface area contributed by atoms with E-state index in [2.05, 4.69) is 10.5 Å². The molecule has 0 radical (unpaired) electrons. The number of hydrazone groups is 1. The van der Waals surface area contributed by atoms with Crippen molar-refractivity contribution in [1.29, 1.82) is 0 Å². The number of nitrogens with zero attached hydrogens (tertiary/aromatic N) is 1. The molecule has 0 saturated heterocycles. The minimum atomic E-state index is -0.736. The lowest BCUT2D eigenvalue weighted by Crippen LogP contribution is -2.24. The molecule has 0 fully saturated rings. The van der Waals surface area contributed by atoms with Gasteiger partial charge < -0.3 is 15.6 Å². The summed E-state index contributed by atoms with van der Waals surface area (Å²) in [5.74, 6) is 0.424. The van der Waals surface area contributed by atoms with Crippen LogP contribution in [0.25, 0.3) is 0 Å². The summed E-state index contributed by atoms with van der Waals surface area (Å²) in [6, 6.07) is 3.98. The lowest BCUT2D eigenvalue weighted by Gasteiger charge is -2.05. The Hall–Kier alpha value is -2.24. The lowest BCUT2D eigenvalue weighted by molar-refractivity contribution is 0.249. The third-order valence-corrected chi connectivity index (χ3v) is 1.67. The topological polar surface area (TPSA) is 96.9 Å². The molecule has 0 aliphatic carbocycles. The second-order valence-corrected chi connectivity index (χ2v) is 2.89. The first-order valence-electron chi connectivity index (χ1n) is 4.67. The summed E-state index contributed by atoms with van der Waals surface area (Å²) in [5.41, 5.74) is 7.57. The normalized spacial score (nSPS) is 10.3. The van der Waals surface area contributed by atoms with E-state index in [1.165, 1.54) is 12.3 Å². The Morgan fingerprint density at radius 1 is 1.69 bits per heavy atom. The van der Waals surface area contributed by atoms with E-state index in [1.807, 2.05) is 6.92 Å². The number of carbonyl (C=O) groups is 1. The van der Waals surface area contributed by atoms with Gasteiger partial charge in [0.2, 0.25) is 0 Å². The molecule has 0 aliphatic rings. The summed E-state index contributed by atoms with van der Waals surface area (Å²) in [4.78, 5) is 10.3. The van der Waals surface area contributed by atoms with E-state index in [-0.39, 0.29) is 5.75 Å². The van der Waals surface area contributed by atoms with E-state index in [1.54, 1.807) is 12.1 Å². The number of benzene rings is 1. The molecule has 86 valence electrons. The van der Waals surface area contributed by atoms with Gasteiger partial charge in [-0.25, -0.2) is 10.2 Å². The standard InChI is InChI=1S/C10H13N3O3/c1-2-16-9-5-7(3-4-8(9)14)6-12-13-10(11)15/h3-6,14H,2H2,1H3,(H3,11,13,15). The molecule has 0 aliphatic heterocycles. The number of amides is 2. The van der Waals surface area contributed by atoms with Gasteiger partial charge in [0.25, 0.3) is 0 Å². The zero-order chi connectivity index (χ0) is 12.0. The maximum atomic E-state index is 10.3. The fourth-order valence-corrected chi connectivity index (χ4v) is 1.05. The van der Waals surface area contributed by atoms with E-state index in [0.717, 1.165) is 0 Å². The molecule has 4 N–H and O–H groups in total. The molecular formula is C10H13N3O3. The van der Waals surface area contributed by atoms with E-state index >= 15 is 0 Å². The summed E-state index contributed by atoms with van der Waals surface area (Å²) in [6.07, 6.45) is 1.40. The highest BCUT2D eigenvalue weighted by atomic mass is 16.5. The molecule has 0 spiro atoms. The third-order valence-electron chi connectivity index (χ3n) is 1.67. The molecule has 0 heterocycles. The first-order valence-corrected chi connectivity index (χ1v) is 4.67. The van der Waals surface area contributed by atoms with Gasteiger partial charge in [0, 0.05) is 0 Å². The van der Waals surface area contributed by atoms with Gasteiger partial charge in [-0.15, -0.1) is 0 Å². The van der Waals surface area contributed by atoms with Crippen molar-refractivity contribution in [1.82, 2.24) is 5.43 Å². The van der Waals surface area contributed by atoms with Crippen LogP contribution in [0.15, 0.2) is 23.3 Å². The van der Waals surface area contributed by atoms with Crippen molar-refractivity contribution in [2.45, 2.75) is 6.92 Å². The Labute approximate surface area is 92.7 Å². The number of hydrogen-bond acceptors (Lipinski definition) is 4. The highest BCUT2D eigenvalue weighted by molar-refractivity contribution is 5.82. The second-order valence-electron chi connectivity index (χ2n) is 2.89. The molecule has 0 saturated carbocycles. The van der Waals surface area contributed by atoms with Crippen molar-refractivity contribution in [3.05, 3.63) is 23.8 Å². The van der Waals surface area contributed by atoms with Crippen LogP contribution < -0.4 is 15.9 Å². The molecule has 1 aromatic carbocycles. The van der Waals surface area contributed by atoms with Crippen molar-refractivity contribution in [2.24, 2.45) is 10.8 Å². The SMILES string of the molecule is CCOc1cc(C=NNC(N)=O)ccc1O. The van der Waals surface area contributed by atoms with E-state index in [9.17, 15) is 9.90 Å². The Morgan fingerprint density at radius 2 is 2.44 bits per heavy atom. The van der Waals surface area contributed by atoms with Crippen molar-refractivity contribution in [2.75, 3.05) is 6.61 Å². The molecule has 1 aromatic rings. The molecule has 2 amide bonds. The van der Waals surface area contributed by atoms with Crippen LogP contribution >= 0.6 is 0 Å². The monoisotopic (exact) mass is 223 g/mol. The molecule has 0 atom stereocenters. The first kappa shape index (κ1) is 11.8. The van der Waals surface area contributed by atoms with Gasteiger partial charge in [-0.3, -0.25) is 0 Å². The highest BCUT2D eigenvalue weighted by Gasteiger charge is 2.01. The molecule has 0 bridgehead atoms. The minimum absolute atomic E-state index is 0.0573. The van der Waals surface area contributed by atoms with Crippen LogP contribution in [0.2, 0.25) is 0 Å². The highest BCUT2D eigenvalue weighted by Crippen LogP contribution is 2.25. The number of ether oxygens (including phenoxy) is 1. The van der Waals surface area contributed by atoms with Gasteiger partial charge in [-0.1, -0.05) is 0 Å². The predicted octanol–water partition coefficient (Wildman–Crippen LogP) is 0.793. The van der Waals surface area contributed by atoms with Crippen LogP contribution in [0, 0.1) is 0 Å². The number of nitrogens with one attached hydrogen (secondary N) is 1. The summed E-state index contributed by atoms with van der Waals surface area (Å²) in [5, 5.41) is 13.0. The van der Waals surface area contributed by atoms with Gasteiger partial charge in [-0.2, -0.15) is 5.10 Å². The number of phenols is 1. The quantitative estimate of drug-likeness (QED) is 0.520. The molecule has 6 heteroatoms. The summed E-state index contributed by atoms with van der Waals surface area (Å²) in [7, 11) is 0. The van der Waals surface area contributed by atoms with Gasteiger partial charge in [0.05, 0.1) is 12.8 Å². The zero-order valence-electron chi connectivity index (χ0n) is 8.80. The Kier molecular flexibility index (Phi) is 4.14. The zero-order valence-corrected chi connectivity index (χ0v) is 8.80. The lowest BCUT2D eigenvalue weighted by atomic mass is 10.2. The number of phenolic OH excluding ortho intramolecular Hbond substituents is 1. The number of nitrogens with two attached hydrogens (primary N) is 1. The van der Waals surface area contributed by atoms with Crippen LogP contribution in [0.4, 0.5) is 4.79 Å². The molecular weight excluding hydrogens is 210 g/mol. The Morgan fingerprint density at radius 3 is 3.06 bits per heavy atom. The van der Waals surface area contributed by atoms with Crippen LogP contribution in [0.1, 0.15) is 12.5 Å². The third kappa shape index (κ3) is 3.49.